The van der Waals surface area contributed by atoms with Gasteiger partial charge in [0.1, 0.15) is 6.10 Å². The topological polar surface area (TPSA) is 69.9 Å². The molecule has 6 nitrogen and oxygen atoms in total. The van der Waals surface area contributed by atoms with E-state index in [1.54, 1.807) is 4.68 Å². The van der Waals surface area contributed by atoms with Gasteiger partial charge in [-0.3, -0.25) is 4.79 Å². The molecular weight excluding hydrogens is 348 g/mol. The van der Waals surface area contributed by atoms with Crippen LogP contribution in [0.3, 0.4) is 0 Å². The first-order valence-electron chi connectivity index (χ1n) is 9.20. The van der Waals surface area contributed by atoms with Gasteiger partial charge in [-0.05, 0) is 53.2 Å². The fraction of sp³-hybridized carbons (Fsp3) is 0.579. The van der Waals surface area contributed by atoms with Gasteiger partial charge in [0.15, 0.2) is 0 Å². The minimum atomic E-state index is -0.192. The Morgan fingerprint density at radius 2 is 2.08 bits per heavy atom. The van der Waals surface area contributed by atoms with E-state index in [0.29, 0.717) is 22.9 Å². The first kappa shape index (κ1) is 18.9. The van der Waals surface area contributed by atoms with Crippen LogP contribution in [-0.4, -0.2) is 38.0 Å². The molecule has 3 rings (SSSR count). The number of benzene rings is 1. The molecule has 0 N–H and O–H groups in total. The zero-order valence-electron chi connectivity index (χ0n) is 15.5. The second-order valence-corrected chi connectivity index (χ2v) is 8.29. The lowest BCUT2D eigenvalue weighted by atomic mass is 9.75. The summed E-state index contributed by atoms with van der Waals surface area (Å²) >= 11 is 1.31. The molecular formula is C19H26N4O2S. The number of hydrogen-bond donors (Lipinski definition) is 0. The van der Waals surface area contributed by atoms with Crippen molar-refractivity contribution >= 4 is 17.7 Å². The molecule has 1 aliphatic rings. The number of rotatable bonds is 6. The van der Waals surface area contributed by atoms with Crippen LogP contribution in [0.15, 0.2) is 35.5 Å². The van der Waals surface area contributed by atoms with E-state index >= 15 is 0 Å². The van der Waals surface area contributed by atoms with E-state index in [1.165, 1.54) is 18.2 Å². The van der Waals surface area contributed by atoms with Crippen molar-refractivity contribution < 1.29 is 9.53 Å². The maximum atomic E-state index is 12.4. The van der Waals surface area contributed by atoms with E-state index in [9.17, 15) is 4.79 Å². The summed E-state index contributed by atoms with van der Waals surface area (Å²) in [7, 11) is 0. The summed E-state index contributed by atoms with van der Waals surface area (Å²) in [6, 6.07) is 9.64. The molecule has 1 fully saturated rings. The summed E-state index contributed by atoms with van der Waals surface area (Å²) in [4.78, 5) is 12.4. The van der Waals surface area contributed by atoms with Gasteiger partial charge < -0.3 is 4.74 Å². The van der Waals surface area contributed by atoms with Crippen LogP contribution in [0, 0.1) is 17.8 Å². The minimum Gasteiger partial charge on any atom is -0.461 e. The number of para-hydroxylation sites is 1. The Hall–Kier alpha value is -1.89. The lowest BCUT2D eigenvalue weighted by molar-refractivity contribution is -0.152. The average Bonchev–Trinajstić information content (AvgIpc) is 3.09. The molecule has 26 heavy (non-hydrogen) atoms. The van der Waals surface area contributed by atoms with Gasteiger partial charge in [0, 0.05) is 0 Å². The SMILES string of the molecule is CC(C)[C@H]1CC[C@H](C)C[C@H]1OC(=O)CSc1nnnn1-c1ccccc1. The number of nitrogens with zero attached hydrogens (tertiary/aromatic N) is 4. The highest BCUT2D eigenvalue weighted by Gasteiger charge is 2.33. The van der Waals surface area contributed by atoms with Crippen molar-refractivity contribution in [1.82, 2.24) is 20.2 Å². The molecule has 0 aliphatic heterocycles. The molecule has 1 heterocycles. The molecule has 1 saturated carbocycles. The van der Waals surface area contributed by atoms with E-state index in [2.05, 4.69) is 36.3 Å². The third kappa shape index (κ3) is 4.63. The standard InChI is InChI=1S/C19H26N4O2S/c1-13(2)16-10-9-14(3)11-17(16)25-18(24)12-26-19-20-21-22-23(19)15-7-5-4-6-8-15/h4-8,13-14,16-17H,9-12H2,1-3H3/t14-,16+,17+/m0/s1. The summed E-state index contributed by atoms with van der Waals surface area (Å²) in [5.41, 5.74) is 0.870. The van der Waals surface area contributed by atoms with Gasteiger partial charge in [-0.1, -0.05) is 57.2 Å². The Kier molecular flexibility index (Phi) is 6.29. The van der Waals surface area contributed by atoms with Gasteiger partial charge in [0.2, 0.25) is 5.16 Å². The first-order chi connectivity index (χ1) is 12.5. The molecule has 0 unspecified atom stereocenters. The van der Waals surface area contributed by atoms with Crippen molar-refractivity contribution in [2.24, 2.45) is 17.8 Å². The molecule has 7 heteroatoms. The molecule has 0 bridgehead atoms. The Labute approximate surface area is 158 Å². The molecule has 0 spiro atoms. The van der Waals surface area contributed by atoms with Gasteiger partial charge >= 0.3 is 5.97 Å². The van der Waals surface area contributed by atoms with Crippen LogP contribution >= 0.6 is 11.8 Å². The summed E-state index contributed by atoms with van der Waals surface area (Å²) < 4.78 is 7.48. The molecule has 0 saturated heterocycles. The lowest BCUT2D eigenvalue weighted by Gasteiger charge is -2.36. The van der Waals surface area contributed by atoms with E-state index < -0.39 is 0 Å². The maximum absolute atomic E-state index is 12.4. The number of aromatic nitrogens is 4. The number of thioether (sulfide) groups is 1. The second kappa shape index (κ2) is 8.66. The molecule has 0 amide bonds. The number of hydrogen-bond acceptors (Lipinski definition) is 6. The van der Waals surface area contributed by atoms with Crippen LogP contribution < -0.4 is 0 Å². The summed E-state index contributed by atoms with van der Waals surface area (Å²) in [5, 5.41) is 12.3. The Morgan fingerprint density at radius 3 is 2.81 bits per heavy atom. The van der Waals surface area contributed by atoms with Crippen molar-refractivity contribution in [1.29, 1.82) is 0 Å². The monoisotopic (exact) mass is 374 g/mol. The minimum absolute atomic E-state index is 0.0250. The zero-order valence-corrected chi connectivity index (χ0v) is 16.4. The fourth-order valence-electron chi connectivity index (χ4n) is 3.58. The van der Waals surface area contributed by atoms with E-state index in [1.807, 2.05) is 30.3 Å². The lowest BCUT2D eigenvalue weighted by Crippen LogP contribution is -2.36. The largest absolute Gasteiger partial charge is 0.461 e. The van der Waals surface area contributed by atoms with Crippen LogP contribution in [0.5, 0.6) is 0 Å². The molecule has 1 aromatic heterocycles. The molecule has 2 aromatic rings. The van der Waals surface area contributed by atoms with Crippen LogP contribution in [0.1, 0.15) is 40.0 Å². The summed E-state index contributed by atoms with van der Waals surface area (Å²) in [5.74, 6) is 1.61. The smallest absolute Gasteiger partial charge is 0.316 e. The Balaban J connectivity index is 1.59. The van der Waals surface area contributed by atoms with Gasteiger partial charge in [-0.2, -0.15) is 4.68 Å². The highest BCUT2D eigenvalue weighted by atomic mass is 32.2. The fourth-order valence-corrected chi connectivity index (χ4v) is 4.25. The molecule has 3 atom stereocenters. The third-order valence-corrected chi connectivity index (χ3v) is 5.90. The molecule has 140 valence electrons. The zero-order chi connectivity index (χ0) is 18.5. The van der Waals surface area contributed by atoms with Crippen molar-refractivity contribution in [3.63, 3.8) is 0 Å². The molecule has 1 aromatic carbocycles. The highest BCUT2D eigenvalue weighted by molar-refractivity contribution is 7.99. The second-order valence-electron chi connectivity index (χ2n) is 7.35. The summed E-state index contributed by atoms with van der Waals surface area (Å²) in [6.07, 6.45) is 3.34. The molecule has 0 radical (unpaired) electrons. The number of ether oxygens (including phenoxy) is 1. The number of tetrazole rings is 1. The normalized spacial score (nSPS) is 23.2. The number of carbonyl (C=O) groups excluding carboxylic acids is 1. The van der Waals surface area contributed by atoms with Gasteiger partial charge in [0.25, 0.3) is 0 Å². The maximum Gasteiger partial charge on any atom is 0.316 e. The van der Waals surface area contributed by atoms with E-state index in [-0.39, 0.29) is 17.8 Å². The van der Waals surface area contributed by atoms with Crippen LogP contribution in [0.4, 0.5) is 0 Å². The number of esters is 1. The molecule has 1 aliphatic carbocycles. The Morgan fingerprint density at radius 1 is 1.31 bits per heavy atom. The van der Waals surface area contributed by atoms with Crippen molar-refractivity contribution in [3.8, 4) is 5.69 Å². The quantitative estimate of drug-likeness (QED) is 0.566. The third-order valence-electron chi connectivity index (χ3n) is 5.00. The van der Waals surface area contributed by atoms with Crippen molar-refractivity contribution in [3.05, 3.63) is 30.3 Å². The number of carbonyl (C=O) groups is 1. The van der Waals surface area contributed by atoms with E-state index in [0.717, 1.165) is 18.5 Å². The van der Waals surface area contributed by atoms with Crippen molar-refractivity contribution in [2.45, 2.75) is 51.3 Å². The highest BCUT2D eigenvalue weighted by Crippen LogP contribution is 2.35. The van der Waals surface area contributed by atoms with Crippen LogP contribution in [-0.2, 0) is 9.53 Å². The average molecular weight is 375 g/mol. The van der Waals surface area contributed by atoms with E-state index in [4.69, 9.17) is 4.74 Å². The Bertz CT molecular complexity index is 719. The van der Waals surface area contributed by atoms with Gasteiger partial charge in [-0.15, -0.1) is 5.10 Å². The van der Waals surface area contributed by atoms with Crippen LogP contribution in [0.2, 0.25) is 0 Å². The van der Waals surface area contributed by atoms with Gasteiger partial charge in [-0.25, -0.2) is 0 Å². The van der Waals surface area contributed by atoms with Crippen molar-refractivity contribution in [2.75, 3.05) is 5.75 Å². The van der Waals surface area contributed by atoms with Crippen LogP contribution in [0.25, 0.3) is 5.69 Å². The summed E-state index contributed by atoms with van der Waals surface area (Å²) in [6.45, 7) is 6.66. The first-order valence-corrected chi connectivity index (χ1v) is 10.2. The predicted molar refractivity (Wildman–Crippen MR) is 101 cm³/mol. The predicted octanol–water partition coefficient (Wildman–Crippen LogP) is 3.76. The van der Waals surface area contributed by atoms with Gasteiger partial charge in [0.05, 0.1) is 11.4 Å².